The first-order valence-electron chi connectivity index (χ1n) is 8.62. The van der Waals surface area contributed by atoms with E-state index in [-0.39, 0.29) is 0 Å². The van der Waals surface area contributed by atoms with Gasteiger partial charge in [-0.1, -0.05) is 67.0 Å². The maximum absolute atomic E-state index is 6.23. The quantitative estimate of drug-likeness (QED) is 0.431. The van der Waals surface area contributed by atoms with Crippen LogP contribution in [0.5, 0.6) is 5.75 Å². The number of nitrogens with zero attached hydrogens (tertiary/aromatic N) is 3. The summed E-state index contributed by atoms with van der Waals surface area (Å²) in [7, 11) is 1.94. The molecule has 3 aromatic rings. The maximum atomic E-state index is 6.23. The molecule has 1 aromatic heterocycles. The molecule has 0 fully saturated rings. The van der Waals surface area contributed by atoms with E-state index in [2.05, 4.69) is 36.2 Å². The lowest BCUT2D eigenvalue weighted by Crippen LogP contribution is -2.04. The Kier molecular flexibility index (Phi) is 6.68. The summed E-state index contributed by atoms with van der Waals surface area (Å²) in [5, 5.41) is 10.6. The van der Waals surface area contributed by atoms with Crippen LogP contribution in [-0.2, 0) is 19.4 Å². The molecule has 0 unspecified atom stereocenters. The SMILES string of the molecule is CC(C)c1ccc(OCc2nnc(SCc3ccc(Cl)cc3Cl)n2C)cc1. The third kappa shape index (κ3) is 5.18. The van der Waals surface area contributed by atoms with Gasteiger partial charge in [-0.25, -0.2) is 0 Å². The van der Waals surface area contributed by atoms with Crippen molar-refractivity contribution in [1.29, 1.82) is 0 Å². The standard InChI is InChI=1S/C20H21Cl2N3OS/c1-13(2)14-5-8-17(9-6-14)26-11-19-23-24-20(25(19)3)27-12-15-4-7-16(21)10-18(15)22/h4-10,13H,11-12H2,1-3H3. The zero-order valence-electron chi connectivity index (χ0n) is 15.4. The predicted octanol–water partition coefficient (Wildman–Crippen LogP) is 6.12. The fourth-order valence-electron chi connectivity index (χ4n) is 2.47. The summed E-state index contributed by atoms with van der Waals surface area (Å²) in [6.07, 6.45) is 0. The molecule has 0 saturated heterocycles. The Morgan fingerprint density at radius 1 is 1.07 bits per heavy atom. The molecule has 4 nitrogen and oxygen atoms in total. The molecule has 0 atom stereocenters. The average molecular weight is 422 g/mol. The number of hydrogen-bond acceptors (Lipinski definition) is 4. The third-order valence-electron chi connectivity index (χ3n) is 4.21. The van der Waals surface area contributed by atoms with Crippen LogP contribution >= 0.6 is 35.0 Å². The molecule has 0 aliphatic carbocycles. The lowest BCUT2D eigenvalue weighted by Gasteiger charge is -2.09. The molecule has 1 heterocycles. The highest BCUT2D eigenvalue weighted by Crippen LogP contribution is 2.28. The molecule has 7 heteroatoms. The van der Waals surface area contributed by atoms with Crippen LogP contribution in [0.2, 0.25) is 10.0 Å². The second kappa shape index (κ2) is 9.00. The van der Waals surface area contributed by atoms with Gasteiger partial charge in [0.05, 0.1) is 0 Å². The summed E-state index contributed by atoms with van der Waals surface area (Å²) in [5.74, 6) is 2.79. The Morgan fingerprint density at radius 2 is 1.81 bits per heavy atom. The van der Waals surface area contributed by atoms with Crippen molar-refractivity contribution in [3.05, 3.63) is 69.5 Å². The van der Waals surface area contributed by atoms with Crippen molar-refractivity contribution in [2.75, 3.05) is 0 Å². The monoisotopic (exact) mass is 421 g/mol. The molecule has 0 aliphatic heterocycles. The maximum Gasteiger partial charge on any atom is 0.191 e. The number of halogens is 2. The van der Waals surface area contributed by atoms with Crippen molar-refractivity contribution in [3.8, 4) is 5.75 Å². The van der Waals surface area contributed by atoms with Gasteiger partial charge in [0, 0.05) is 22.8 Å². The number of benzene rings is 2. The van der Waals surface area contributed by atoms with E-state index in [1.807, 2.05) is 35.9 Å². The zero-order valence-corrected chi connectivity index (χ0v) is 17.8. The summed E-state index contributed by atoms with van der Waals surface area (Å²) in [4.78, 5) is 0. The molecule has 3 rings (SSSR count). The molecule has 142 valence electrons. The van der Waals surface area contributed by atoms with Crippen molar-refractivity contribution in [3.63, 3.8) is 0 Å². The van der Waals surface area contributed by atoms with Crippen molar-refractivity contribution in [1.82, 2.24) is 14.8 Å². The molecule has 0 radical (unpaired) electrons. The van der Waals surface area contributed by atoms with Gasteiger partial charge in [-0.05, 0) is 41.3 Å². The smallest absolute Gasteiger partial charge is 0.191 e. The van der Waals surface area contributed by atoms with Gasteiger partial charge < -0.3 is 9.30 Å². The van der Waals surface area contributed by atoms with E-state index in [4.69, 9.17) is 27.9 Å². The van der Waals surface area contributed by atoms with Crippen LogP contribution in [0.1, 0.15) is 36.7 Å². The van der Waals surface area contributed by atoms with Crippen LogP contribution in [0, 0.1) is 0 Å². The van der Waals surface area contributed by atoms with Gasteiger partial charge in [-0.3, -0.25) is 0 Å². The molecular weight excluding hydrogens is 401 g/mol. The Balaban J connectivity index is 1.59. The molecule has 0 N–H and O–H groups in total. The first-order chi connectivity index (χ1) is 12.9. The molecule has 0 bridgehead atoms. The van der Waals surface area contributed by atoms with Gasteiger partial charge in [0.1, 0.15) is 12.4 Å². The Morgan fingerprint density at radius 3 is 2.48 bits per heavy atom. The Hall–Kier alpha value is -1.69. The molecular formula is C20H21Cl2N3OS. The van der Waals surface area contributed by atoms with E-state index in [1.165, 1.54) is 5.56 Å². The lowest BCUT2D eigenvalue weighted by atomic mass is 10.0. The van der Waals surface area contributed by atoms with Crippen LogP contribution < -0.4 is 4.74 Å². The highest BCUT2D eigenvalue weighted by Gasteiger charge is 2.11. The number of ether oxygens (including phenoxy) is 1. The fraction of sp³-hybridized carbons (Fsp3) is 0.300. The largest absolute Gasteiger partial charge is 0.486 e. The summed E-state index contributed by atoms with van der Waals surface area (Å²) in [6, 6.07) is 13.7. The van der Waals surface area contributed by atoms with Crippen molar-refractivity contribution >= 4 is 35.0 Å². The first kappa shape index (κ1) is 20.1. The third-order valence-corrected chi connectivity index (χ3v) is 5.87. The summed E-state index contributed by atoms with van der Waals surface area (Å²) in [5.41, 5.74) is 2.30. The molecule has 27 heavy (non-hydrogen) atoms. The van der Waals surface area contributed by atoms with Crippen LogP contribution in [0.4, 0.5) is 0 Å². The Labute approximate surface area is 173 Å². The number of hydrogen-bond donors (Lipinski definition) is 0. The summed E-state index contributed by atoms with van der Waals surface area (Å²) < 4.78 is 7.79. The van der Waals surface area contributed by atoms with Gasteiger partial charge in [0.15, 0.2) is 11.0 Å². The van der Waals surface area contributed by atoms with Gasteiger partial charge >= 0.3 is 0 Å². The topological polar surface area (TPSA) is 39.9 Å². The minimum atomic E-state index is 0.368. The number of aromatic nitrogens is 3. The summed E-state index contributed by atoms with van der Waals surface area (Å²) in [6.45, 7) is 4.71. The normalized spacial score (nSPS) is 11.2. The molecule has 0 aliphatic rings. The van der Waals surface area contributed by atoms with Crippen molar-refractivity contribution < 1.29 is 4.74 Å². The second-order valence-corrected chi connectivity index (χ2v) is 8.28. The minimum absolute atomic E-state index is 0.368. The van der Waals surface area contributed by atoms with E-state index in [1.54, 1.807) is 17.8 Å². The highest BCUT2D eigenvalue weighted by molar-refractivity contribution is 7.98. The average Bonchev–Trinajstić information content (AvgIpc) is 2.99. The summed E-state index contributed by atoms with van der Waals surface area (Å²) >= 11 is 13.7. The first-order valence-corrected chi connectivity index (χ1v) is 10.4. The second-order valence-electron chi connectivity index (χ2n) is 6.49. The van der Waals surface area contributed by atoms with E-state index < -0.39 is 0 Å². The minimum Gasteiger partial charge on any atom is -0.486 e. The van der Waals surface area contributed by atoms with Crippen LogP contribution in [-0.4, -0.2) is 14.8 Å². The van der Waals surface area contributed by atoms with E-state index in [9.17, 15) is 0 Å². The Bertz CT molecular complexity index is 910. The van der Waals surface area contributed by atoms with Crippen LogP contribution in [0.15, 0.2) is 47.6 Å². The number of rotatable bonds is 7. The molecule has 0 saturated carbocycles. The van der Waals surface area contributed by atoms with Crippen molar-refractivity contribution in [2.45, 2.75) is 37.3 Å². The van der Waals surface area contributed by atoms with Crippen LogP contribution in [0.3, 0.4) is 0 Å². The zero-order chi connectivity index (χ0) is 19.4. The van der Waals surface area contributed by atoms with Gasteiger partial charge in [0.2, 0.25) is 0 Å². The van der Waals surface area contributed by atoms with Gasteiger partial charge in [0.25, 0.3) is 0 Å². The van der Waals surface area contributed by atoms with Crippen molar-refractivity contribution in [2.24, 2.45) is 7.05 Å². The molecule has 2 aromatic carbocycles. The highest BCUT2D eigenvalue weighted by atomic mass is 35.5. The van der Waals surface area contributed by atoms with Gasteiger partial charge in [-0.2, -0.15) is 0 Å². The lowest BCUT2D eigenvalue weighted by molar-refractivity contribution is 0.290. The van der Waals surface area contributed by atoms with E-state index in [0.29, 0.717) is 28.3 Å². The predicted molar refractivity (Wildman–Crippen MR) is 112 cm³/mol. The van der Waals surface area contributed by atoms with Gasteiger partial charge in [-0.15, -0.1) is 10.2 Å². The van der Waals surface area contributed by atoms with E-state index in [0.717, 1.165) is 22.3 Å². The van der Waals surface area contributed by atoms with Crippen LogP contribution in [0.25, 0.3) is 0 Å². The molecule has 0 amide bonds. The number of thioether (sulfide) groups is 1. The van der Waals surface area contributed by atoms with E-state index >= 15 is 0 Å². The fourth-order valence-corrected chi connectivity index (χ4v) is 3.96. The molecule has 0 spiro atoms.